The molecule has 2 rings (SSSR count). The molecule has 0 aliphatic rings. The second-order valence-electron chi connectivity index (χ2n) is 4.08. The van der Waals surface area contributed by atoms with Gasteiger partial charge in [-0.05, 0) is 35.9 Å². The van der Waals surface area contributed by atoms with Gasteiger partial charge in [-0.15, -0.1) is 0 Å². The highest BCUT2D eigenvalue weighted by Gasteiger charge is 2.16. The third-order valence-corrected chi connectivity index (χ3v) is 4.53. The Bertz CT molecular complexity index is 716. The number of benzene rings is 2. The van der Waals surface area contributed by atoms with Crippen molar-refractivity contribution >= 4 is 27.1 Å². The van der Waals surface area contributed by atoms with Crippen LogP contribution < -0.4 is 5.73 Å². The van der Waals surface area contributed by atoms with Crippen LogP contribution in [0.1, 0.15) is 5.56 Å². The number of sulfone groups is 1. The van der Waals surface area contributed by atoms with Gasteiger partial charge in [-0.25, -0.2) is 12.8 Å². The Morgan fingerprint density at radius 3 is 2.53 bits per heavy atom. The molecule has 0 amide bonds. The van der Waals surface area contributed by atoms with Crippen LogP contribution in [-0.2, 0) is 15.6 Å². The minimum absolute atomic E-state index is 0.0970. The van der Waals surface area contributed by atoms with Crippen molar-refractivity contribution in [1.82, 2.24) is 0 Å². The SMILES string of the molecule is Nc1cccc(S(=O)(=O)Cc2ccc(F)c(Cl)c2)c1. The van der Waals surface area contributed by atoms with Crippen LogP contribution in [0.5, 0.6) is 0 Å². The largest absolute Gasteiger partial charge is 0.399 e. The van der Waals surface area contributed by atoms with E-state index in [1.165, 1.54) is 24.3 Å². The predicted molar refractivity (Wildman–Crippen MR) is 73.2 cm³/mol. The fraction of sp³-hybridized carbons (Fsp3) is 0.0769. The smallest absolute Gasteiger partial charge is 0.182 e. The van der Waals surface area contributed by atoms with Crippen molar-refractivity contribution in [2.45, 2.75) is 10.6 Å². The van der Waals surface area contributed by atoms with E-state index in [-0.39, 0.29) is 15.7 Å². The summed E-state index contributed by atoms with van der Waals surface area (Å²) < 4.78 is 37.3. The number of hydrogen-bond donors (Lipinski definition) is 1. The molecule has 2 aromatic rings. The van der Waals surface area contributed by atoms with Gasteiger partial charge in [-0.3, -0.25) is 0 Å². The molecule has 19 heavy (non-hydrogen) atoms. The molecule has 0 aliphatic heterocycles. The Balaban J connectivity index is 2.33. The Kier molecular flexibility index (Phi) is 3.78. The first-order valence-corrected chi connectivity index (χ1v) is 7.44. The molecule has 0 aromatic heterocycles. The van der Waals surface area contributed by atoms with Gasteiger partial charge in [0.15, 0.2) is 9.84 Å². The summed E-state index contributed by atoms with van der Waals surface area (Å²) in [5.74, 6) is -0.831. The Morgan fingerprint density at radius 1 is 1.16 bits per heavy atom. The number of nitrogen functional groups attached to an aromatic ring is 1. The fourth-order valence-electron chi connectivity index (χ4n) is 1.64. The highest BCUT2D eigenvalue weighted by molar-refractivity contribution is 7.90. The summed E-state index contributed by atoms with van der Waals surface area (Å²) in [5.41, 5.74) is 6.36. The van der Waals surface area contributed by atoms with Crippen LogP contribution in [-0.4, -0.2) is 8.42 Å². The van der Waals surface area contributed by atoms with E-state index in [2.05, 4.69) is 0 Å². The molecule has 2 N–H and O–H groups in total. The van der Waals surface area contributed by atoms with E-state index in [4.69, 9.17) is 17.3 Å². The van der Waals surface area contributed by atoms with E-state index in [0.29, 0.717) is 11.3 Å². The summed E-state index contributed by atoms with van der Waals surface area (Å²) in [7, 11) is -3.53. The second-order valence-corrected chi connectivity index (χ2v) is 6.48. The summed E-state index contributed by atoms with van der Waals surface area (Å²) in [5, 5.41) is -0.0970. The standard InChI is InChI=1S/C13H11ClFNO2S/c14-12-6-9(4-5-13(12)15)8-19(17,18)11-3-1-2-10(16)7-11/h1-7H,8,16H2. The minimum Gasteiger partial charge on any atom is -0.399 e. The van der Waals surface area contributed by atoms with Gasteiger partial charge in [0.2, 0.25) is 0 Å². The van der Waals surface area contributed by atoms with Crippen LogP contribution in [0.3, 0.4) is 0 Å². The molecule has 6 heteroatoms. The number of anilines is 1. The summed E-state index contributed by atoms with van der Waals surface area (Å²) >= 11 is 5.62. The van der Waals surface area contributed by atoms with Gasteiger partial charge in [0.05, 0.1) is 15.7 Å². The van der Waals surface area contributed by atoms with Crippen molar-refractivity contribution in [3.63, 3.8) is 0 Å². The lowest BCUT2D eigenvalue weighted by Gasteiger charge is -2.06. The van der Waals surface area contributed by atoms with Gasteiger partial charge in [-0.1, -0.05) is 23.7 Å². The van der Waals surface area contributed by atoms with Gasteiger partial charge in [0.1, 0.15) is 5.82 Å². The second kappa shape index (κ2) is 5.19. The fourth-order valence-corrected chi connectivity index (χ4v) is 3.23. The van der Waals surface area contributed by atoms with Gasteiger partial charge < -0.3 is 5.73 Å². The van der Waals surface area contributed by atoms with Crippen molar-refractivity contribution < 1.29 is 12.8 Å². The van der Waals surface area contributed by atoms with Crippen LogP contribution in [0.25, 0.3) is 0 Å². The monoisotopic (exact) mass is 299 g/mol. The maximum atomic E-state index is 13.0. The van der Waals surface area contributed by atoms with Crippen LogP contribution in [0, 0.1) is 5.82 Å². The van der Waals surface area contributed by atoms with Crippen molar-refractivity contribution in [3.05, 3.63) is 58.9 Å². The molecule has 0 spiro atoms. The van der Waals surface area contributed by atoms with E-state index >= 15 is 0 Å². The van der Waals surface area contributed by atoms with Crippen molar-refractivity contribution in [2.24, 2.45) is 0 Å². The first-order valence-electron chi connectivity index (χ1n) is 5.41. The molecule has 0 saturated heterocycles. The molecule has 0 unspecified atom stereocenters. The zero-order valence-electron chi connectivity index (χ0n) is 9.81. The molecule has 0 bridgehead atoms. The van der Waals surface area contributed by atoms with Gasteiger partial charge in [-0.2, -0.15) is 0 Å². The van der Waals surface area contributed by atoms with Crippen LogP contribution in [0.4, 0.5) is 10.1 Å². The average molecular weight is 300 g/mol. The number of hydrogen-bond acceptors (Lipinski definition) is 3. The van der Waals surface area contributed by atoms with E-state index < -0.39 is 15.7 Å². The highest BCUT2D eigenvalue weighted by Crippen LogP contribution is 2.22. The van der Waals surface area contributed by atoms with Crippen LogP contribution >= 0.6 is 11.6 Å². The minimum atomic E-state index is -3.53. The molecular weight excluding hydrogens is 289 g/mol. The average Bonchev–Trinajstić information content (AvgIpc) is 2.33. The molecular formula is C13H11ClFNO2S. The molecule has 0 aliphatic carbocycles. The maximum Gasteiger partial charge on any atom is 0.182 e. The van der Waals surface area contributed by atoms with E-state index in [9.17, 15) is 12.8 Å². The lowest BCUT2D eigenvalue weighted by Crippen LogP contribution is -2.05. The van der Waals surface area contributed by atoms with E-state index in [0.717, 1.165) is 6.07 Å². The maximum absolute atomic E-state index is 13.0. The van der Waals surface area contributed by atoms with E-state index in [1.807, 2.05) is 0 Å². The van der Waals surface area contributed by atoms with Crippen molar-refractivity contribution in [1.29, 1.82) is 0 Å². The first kappa shape index (κ1) is 13.8. The Labute approximate surface area is 115 Å². The molecule has 0 saturated carbocycles. The highest BCUT2D eigenvalue weighted by atomic mass is 35.5. The van der Waals surface area contributed by atoms with Gasteiger partial charge in [0, 0.05) is 5.69 Å². The quantitative estimate of drug-likeness (QED) is 0.886. The number of nitrogens with two attached hydrogens (primary N) is 1. The molecule has 0 atom stereocenters. The van der Waals surface area contributed by atoms with Crippen LogP contribution in [0.2, 0.25) is 5.02 Å². The summed E-state index contributed by atoms with van der Waals surface area (Å²) in [4.78, 5) is 0.132. The molecule has 0 heterocycles. The lowest BCUT2D eigenvalue weighted by molar-refractivity contribution is 0.595. The normalized spacial score (nSPS) is 11.5. The molecule has 2 aromatic carbocycles. The third kappa shape index (κ3) is 3.24. The van der Waals surface area contributed by atoms with Crippen molar-refractivity contribution in [2.75, 3.05) is 5.73 Å². The number of rotatable bonds is 3. The van der Waals surface area contributed by atoms with Crippen molar-refractivity contribution in [3.8, 4) is 0 Å². The summed E-state index contributed by atoms with van der Waals surface area (Å²) in [6, 6.07) is 9.88. The molecule has 3 nitrogen and oxygen atoms in total. The van der Waals surface area contributed by atoms with E-state index in [1.54, 1.807) is 12.1 Å². The third-order valence-electron chi connectivity index (χ3n) is 2.56. The predicted octanol–water partition coefficient (Wildman–Crippen LogP) is 3.04. The topological polar surface area (TPSA) is 60.2 Å². The molecule has 0 radical (unpaired) electrons. The molecule has 100 valence electrons. The summed E-state index contributed by atoms with van der Waals surface area (Å²) in [6.07, 6.45) is 0. The zero-order valence-corrected chi connectivity index (χ0v) is 11.4. The lowest BCUT2D eigenvalue weighted by atomic mass is 10.2. The molecule has 0 fully saturated rings. The first-order chi connectivity index (χ1) is 8.88. The van der Waals surface area contributed by atoms with Crippen LogP contribution in [0.15, 0.2) is 47.4 Å². The summed E-state index contributed by atoms with van der Waals surface area (Å²) in [6.45, 7) is 0. The van der Waals surface area contributed by atoms with Gasteiger partial charge in [0.25, 0.3) is 0 Å². The number of halogens is 2. The Hall–Kier alpha value is -1.59. The van der Waals surface area contributed by atoms with Gasteiger partial charge >= 0.3 is 0 Å². The zero-order chi connectivity index (χ0) is 14.0. The Morgan fingerprint density at radius 2 is 1.89 bits per heavy atom.